The molecule has 66 valence electrons. The van der Waals surface area contributed by atoms with Gasteiger partial charge in [0, 0.05) is 0 Å². The van der Waals surface area contributed by atoms with Crippen molar-refractivity contribution < 1.29 is 4.74 Å². The monoisotopic (exact) mass is 172 g/mol. The molecule has 1 nitrogen and oxygen atoms in total. The van der Waals surface area contributed by atoms with E-state index in [0.717, 1.165) is 0 Å². The van der Waals surface area contributed by atoms with Crippen molar-refractivity contribution in [3.05, 3.63) is 59.9 Å². The van der Waals surface area contributed by atoms with Gasteiger partial charge in [0.05, 0.1) is 6.26 Å². The lowest BCUT2D eigenvalue weighted by Gasteiger charge is -2.15. The summed E-state index contributed by atoms with van der Waals surface area (Å²) in [6.45, 7) is 2.09. The zero-order chi connectivity index (χ0) is 9.10. The fourth-order valence-corrected chi connectivity index (χ4v) is 1.42. The van der Waals surface area contributed by atoms with E-state index in [9.17, 15) is 0 Å². The van der Waals surface area contributed by atoms with Crippen LogP contribution >= 0.6 is 0 Å². The van der Waals surface area contributed by atoms with Gasteiger partial charge in [-0.1, -0.05) is 35.9 Å². The molecule has 0 radical (unpaired) electrons. The highest BCUT2D eigenvalue weighted by Gasteiger charge is 2.08. The van der Waals surface area contributed by atoms with E-state index in [1.807, 2.05) is 12.2 Å². The fraction of sp³-hybridized carbons (Fsp3) is 0.167. The Morgan fingerprint density at radius 3 is 2.85 bits per heavy atom. The SMILES string of the molecule is Cc1cccc(C2C=CC=CO2)c1. The van der Waals surface area contributed by atoms with Crippen LogP contribution in [0.1, 0.15) is 17.2 Å². The van der Waals surface area contributed by atoms with Crippen LogP contribution in [0, 0.1) is 6.92 Å². The second-order valence-corrected chi connectivity index (χ2v) is 3.18. The van der Waals surface area contributed by atoms with Crippen LogP contribution in [0.3, 0.4) is 0 Å². The third-order valence-corrected chi connectivity index (χ3v) is 2.07. The maximum absolute atomic E-state index is 5.45. The maximum atomic E-state index is 5.45. The number of benzene rings is 1. The van der Waals surface area contributed by atoms with Crippen LogP contribution in [0.15, 0.2) is 48.8 Å². The van der Waals surface area contributed by atoms with Gasteiger partial charge in [-0.25, -0.2) is 0 Å². The van der Waals surface area contributed by atoms with Crippen molar-refractivity contribution >= 4 is 0 Å². The molecule has 1 aromatic carbocycles. The summed E-state index contributed by atoms with van der Waals surface area (Å²) >= 11 is 0. The topological polar surface area (TPSA) is 9.23 Å². The first kappa shape index (κ1) is 8.11. The summed E-state index contributed by atoms with van der Waals surface area (Å²) in [5.41, 5.74) is 2.48. The molecule has 1 unspecified atom stereocenters. The number of ether oxygens (including phenoxy) is 1. The lowest BCUT2D eigenvalue weighted by Crippen LogP contribution is -1.99. The van der Waals surface area contributed by atoms with E-state index in [4.69, 9.17) is 4.74 Å². The first-order chi connectivity index (χ1) is 6.36. The average Bonchev–Trinajstić information content (AvgIpc) is 2.19. The average molecular weight is 172 g/mol. The van der Waals surface area contributed by atoms with Crippen molar-refractivity contribution in [1.82, 2.24) is 0 Å². The highest BCUT2D eigenvalue weighted by atomic mass is 16.5. The molecule has 0 fully saturated rings. The number of aryl methyl sites for hydroxylation is 1. The molecule has 0 bridgehead atoms. The van der Waals surface area contributed by atoms with Gasteiger partial charge in [0.25, 0.3) is 0 Å². The largest absolute Gasteiger partial charge is 0.489 e. The van der Waals surface area contributed by atoms with E-state index < -0.39 is 0 Å². The molecule has 13 heavy (non-hydrogen) atoms. The van der Waals surface area contributed by atoms with E-state index in [2.05, 4.69) is 37.3 Å². The third-order valence-electron chi connectivity index (χ3n) is 2.07. The number of allylic oxidation sites excluding steroid dienone is 2. The Kier molecular flexibility index (Phi) is 2.17. The minimum Gasteiger partial charge on any atom is -0.489 e. The zero-order valence-electron chi connectivity index (χ0n) is 7.60. The van der Waals surface area contributed by atoms with Gasteiger partial charge < -0.3 is 4.74 Å². The van der Waals surface area contributed by atoms with Crippen molar-refractivity contribution in [2.75, 3.05) is 0 Å². The molecule has 0 spiro atoms. The third kappa shape index (κ3) is 1.81. The van der Waals surface area contributed by atoms with Crippen molar-refractivity contribution in [2.24, 2.45) is 0 Å². The molecular weight excluding hydrogens is 160 g/mol. The van der Waals surface area contributed by atoms with Crippen molar-refractivity contribution in [2.45, 2.75) is 13.0 Å². The normalized spacial score (nSPS) is 19.9. The molecule has 1 aromatic rings. The van der Waals surface area contributed by atoms with Crippen LogP contribution in [0.2, 0.25) is 0 Å². The lowest BCUT2D eigenvalue weighted by atomic mass is 10.1. The quantitative estimate of drug-likeness (QED) is 0.632. The molecule has 1 aliphatic heterocycles. The number of rotatable bonds is 1. The van der Waals surface area contributed by atoms with Crippen LogP contribution < -0.4 is 0 Å². The molecule has 0 N–H and O–H groups in total. The van der Waals surface area contributed by atoms with Gasteiger partial charge in [0.1, 0.15) is 6.10 Å². The Labute approximate surface area is 78.3 Å². The van der Waals surface area contributed by atoms with Crippen LogP contribution in [0.4, 0.5) is 0 Å². The molecule has 1 aliphatic rings. The maximum Gasteiger partial charge on any atom is 0.141 e. The predicted molar refractivity (Wildman–Crippen MR) is 53.3 cm³/mol. The van der Waals surface area contributed by atoms with Crippen LogP contribution in [0.25, 0.3) is 0 Å². The van der Waals surface area contributed by atoms with E-state index in [-0.39, 0.29) is 6.10 Å². The molecule has 1 atom stereocenters. The lowest BCUT2D eigenvalue weighted by molar-refractivity contribution is 0.186. The fourth-order valence-electron chi connectivity index (χ4n) is 1.42. The highest BCUT2D eigenvalue weighted by Crippen LogP contribution is 2.22. The predicted octanol–water partition coefficient (Wildman–Crippen LogP) is 3.14. The van der Waals surface area contributed by atoms with Crippen LogP contribution in [-0.2, 0) is 4.74 Å². The Balaban J connectivity index is 2.25. The molecule has 0 aromatic heterocycles. The van der Waals surface area contributed by atoms with Gasteiger partial charge in [-0.2, -0.15) is 0 Å². The van der Waals surface area contributed by atoms with Crippen molar-refractivity contribution in [3.63, 3.8) is 0 Å². The first-order valence-corrected chi connectivity index (χ1v) is 4.41. The summed E-state index contributed by atoms with van der Waals surface area (Å²) in [5, 5.41) is 0. The smallest absolute Gasteiger partial charge is 0.141 e. The van der Waals surface area contributed by atoms with Gasteiger partial charge in [0.2, 0.25) is 0 Å². The van der Waals surface area contributed by atoms with E-state index >= 15 is 0 Å². The zero-order valence-corrected chi connectivity index (χ0v) is 7.60. The number of hydrogen-bond donors (Lipinski definition) is 0. The van der Waals surface area contributed by atoms with E-state index in [0.29, 0.717) is 0 Å². The molecule has 1 heteroatoms. The summed E-state index contributed by atoms with van der Waals surface area (Å²) in [4.78, 5) is 0. The summed E-state index contributed by atoms with van der Waals surface area (Å²) < 4.78 is 5.45. The highest BCUT2D eigenvalue weighted by molar-refractivity contribution is 5.28. The second kappa shape index (κ2) is 3.48. The van der Waals surface area contributed by atoms with Gasteiger partial charge in [0.15, 0.2) is 0 Å². The molecule has 0 aliphatic carbocycles. The Hall–Kier alpha value is -1.50. The van der Waals surface area contributed by atoms with Gasteiger partial charge >= 0.3 is 0 Å². The number of hydrogen-bond acceptors (Lipinski definition) is 1. The molecule has 0 amide bonds. The minimum absolute atomic E-state index is 0.0879. The molecule has 0 saturated carbocycles. The standard InChI is InChI=1S/C12H12O/c1-10-5-4-6-11(9-10)12-7-2-3-8-13-12/h2-9,12H,1H3. The Morgan fingerprint density at radius 2 is 2.15 bits per heavy atom. The minimum atomic E-state index is 0.0879. The van der Waals surface area contributed by atoms with Crippen molar-refractivity contribution in [1.29, 1.82) is 0 Å². The first-order valence-electron chi connectivity index (χ1n) is 4.41. The summed E-state index contributed by atoms with van der Waals surface area (Å²) in [5.74, 6) is 0. The summed E-state index contributed by atoms with van der Waals surface area (Å²) in [7, 11) is 0. The van der Waals surface area contributed by atoms with Gasteiger partial charge in [-0.15, -0.1) is 0 Å². The van der Waals surface area contributed by atoms with Crippen LogP contribution in [-0.4, -0.2) is 0 Å². The van der Waals surface area contributed by atoms with E-state index in [1.165, 1.54) is 11.1 Å². The molecule has 1 heterocycles. The Bertz CT molecular complexity index is 350. The summed E-state index contributed by atoms with van der Waals surface area (Å²) in [6.07, 6.45) is 7.77. The molecule has 0 saturated heterocycles. The van der Waals surface area contributed by atoms with Crippen LogP contribution in [0.5, 0.6) is 0 Å². The summed E-state index contributed by atoms with van der Waals surface area (Å²) in [6, 6.07) is 8.38. The van der Waals surface area contributed by atoms with Gasteiger partial charge in [-0.05, 0) is 24.6 Å². The molecular formula is C12H12O. The van der Waals surface area contributed by atoms with Gasteiger partial charge in [-0.3, -0.25) is 0 Å². The Morgan fingerprint density at radius 1 is 1.23 bits per heavy atom. The van der Waals surface area contributed by atoms with Crippen molar-refractivity contribution in [3.8, 4) is 0 Å². The van der Waals surface area contributed by atoms with E-state index in [1.54, 1.807) is 6.26 Å². The second-order valence-electron chi connectivity index (χ2n) is 3.18. The molecule has 2 rings (SSSR count).